The number of fused-ring (bicyclic) bond motifs is 1. The molecule has 24 heavy (non-hydrogen) atoms. The first kappa shape index (κ1) is 16.3. The molecule has 0 saturated carbocycles. The Bertz CT molecular complexity index is 1090. The van der Waals surface area contributed by atoms with Crippen LogP contribution < -0.4 is 10.4 Å². The molecule has 126 valence electrons. The van der Waals surface area contributed by atoms with Crippen LogP contribution >= 0.6 is 0 Å². The first-order valence-corrected chi connectivity index (χ1v) is 8.94. The number of nitrogens with zero attached hydrogens (tertiary/aromatic N) is 2. The summed E-state index contributed by atoms with van der Waals surface area (Å²) >= 11 is 0. The van der Waals surface area contributed by atoms with Crippen LogP contribution in [0.3, 0.4) is 0 Å². The Kier molecular flexibility index (Phi) is 3.76. The van der Waals surface area contributed by atoms with E-state index in [1.54, 1.807) is 45.3 Å². The van der Waals surface area contributed by atoms with E-state index in [1.165, 1.54) is 9.13 Å². The molecule has 0 radical (unpaired) electrons. The normalized spacial score (nSPS) is 11.8. The van der Waals surface area contributed by atoms with Crippen LogP contribution in [0.2, 0.25) is 0 Å². The van der Waals surface area contributed by atoms with E-state index in [4.69, 9.17) is 0 Å². The second-order valence-corrected chi connectivity index (χ2v) is 7.63. The van der Waals surface area contributed by atoms with Gasteiger partial charge in [0.2, 0.25) is 0 Å². The topological polar surface area (TPSA) is 73.1 Å². The van der Waals surface area contributed by atoms with E-state index >= 15 is 0 Å². The van der Waals surface area contributed by atoms with Gasteiger partial charge in [0.25, 0.3) is 10.0 Å². The molecule has 3 aromatic rings. The average molecular weight is 345 g/mol. The van der Waals surface area contributed by atoms with E-state index in [9.17, 15) is 13.2 Å². The molecule has 0 aliphatic heterocycles. The third-order valence-electron chi connectivity index (χ3n) is 4.16. The van der Waals surface area contributed by atoms with E-state index in [2.05, 4.69) is 4.72 Å². The molecule has 1 heterocycles. The Morgan fingerprint density at radius 1 is 0.917 bits per heavy atom. The van der Waals surface area contributed by atoms with Crippen molar-refractivity contribution in [2.24, 2.45) is 14.1 Å². The van der Waals surface area contributed by atoms with Crippen molar-refractivity contribution >= 4 is 26.7 Å². The average Bonchev–Trinajstić information content (AvgIpc) is 2.73. The predicted molar refractivity (Wildman–Crippen MR) is 94.9 cm³/mol. The van der Waals surface area contributed by atoms with Gasteiger partial charge in [0.1, 0.15) is 0 Å². The number of aryl methyl sites for hydroxylation is 4. The first-order chi connectivity index (χ1) is 11.2. The summed E-state index contributed by atoms with van der Waals surface area (Å²) in [6.07, 6.45) is 0. The highest BCUT2D eigenvalue weighted by Crippen LogP contribution is 2.24. The first-order valence-electron chi connectivity index (χ1n) is 7.46. The molecule has 3 rings (SSSR count). The molecule has 0 bridgehead atoms. The lowest BCUT2D eigenvalue weighted by atomic mass is 10.2. The largest absolute Gasteiger partial charge is 0.328 e. The summed E-state index contributed by atoms with van der Waals surface area (Å²) in [4.78, 5) is 12.2. The molecule has 0 saturated heterocycles. The predicted octanol–water partition coefficient (Wildman–Crippen LogP) is 2.29. The second-order valence-electron chi connectivity index (χ2n) is 5.98. The SMILES string of the molecule is Cc1ccc(NS(=O)(=O)c2cc3c(cc2C)n(C)c(=O)n3C)cc1. The van der Waals surface area contributed by atoms with Crippen LogP contribution in [0.15, 0.2) is 46.1 Å². The van der Waals surface area contributed by atoms with Crippen LogP contribution in [0.25, 0.3) is 11.0 Å². The highest BCUT2D eigenvalue weighted by atomic mass is 32.2. The quantitative estimate of drug-likeness (QED) is 0.791. The van der Waals surface area contributed by atoms with Gasteiger partial charge < -0.3 is 0 Å². The summed E-state index contributed by atoms with van der Waals surface area (Å²) in [5, 5.41) is 0. The fourth-order valence-electron chi connectivity index (χ4n) is 2.75. The summed E-state index contributed by atoms with van der Waals surface area (Å²) in [6.45, 7) is 3.66. The van der Waals surface area contributed by atoms with Gasteiger partial charge in [-0.25, -0.2) is 13.2 Å². The van der Waals surface area contributed by atoms with Crippen molar-refractivity contribution in [3.05, 3.63) is 58.0 Å². The molecule has 0 fully saturated rings. The van der Waals surface area contributed by atoms with E-state index in [1.807, 2.05) is 19.1 Å². The summed E-state index contributed by atoms with van der Waals surface area (Å²) < 4.78 is 31.0. The summed E-state index contributed by atoms with van der Waals surface area (Å²) in [6, 6.07) is 10.4. The van der Waals surface area contributed by atoms with Crippen LogP contribution in [-0.2, 0) is 24.1 Å². The van der Waals surface area contributed by atoms with Crippen molar-refractivity contribution in [3.63, 3.8) is 0 Å². The lowest BCUT2D eigenvalue weighted by Gasteiger charge is -2.11. The molecular weight excluding hydrogens is 326 g/mol. The standard InChI is InChI=1S/C17H19N3O3S/c1-11-5-7-13(8-6-11)18-24(22,23)16-10-15-14(9-12(16)2)19(3)17(21)20(15)4/h5-10,18H,1-4H3. The molecule has 7 heteroatoms. The molecule has 1 aromatic heterocycles. The Labute approximate surface area is 140 Å². The third-order valence-corrected chi connectivity index (χ3v) is 5.69. The van der Waals surface area contributed by atoms with E-state index in [0.717, 1.165) is 5.56 Å². The molecular formula is C17H19N3O3S. The zero-order valence-corrected chi connectivity index (χ0v) is 14.8. The minimum atomic E-state index is -3.74. The van der Waals surface area contributed by atoms with Crippen molar-refractivity contribution in [2.75, 3.05) is 4.72 Å². The van der Waals surface area contributed by atoms with E-state index in [-0.39, 0.29) is 10.6 Å². The van der Waals surface area contributed by atoms with Crippen molar-refractivity contribution in [2.45, 2.75) is 18.7 Å². The monoisotopic (exact) mass is 345 g/mol. The van der Waals surface area contributed by atoms with Gasteiger partial charge in [-0.05, 0) is 43.7 Å². The van der Waals surface area contributed by atoms with Gasteiger partial charge in [0.05, 0.1) is 15.9 Å². The molecule has 0 spiro atoms. The van der Waals surface area contributed by atoms with Crippen LogP contribution in [0.5, 0.6) is 0 Å². The molecule has 6 nitrogen and oxygen atoms in total. The maximum Gasteiger partial charge on any atom is 0.328 e. The molecule has 0 unspecified atom stereocenters. The number of hydrogen-bond donors (Lipinski definition) is 1. The maximum absolute atomic E-state index is 12.7. The number of imidazole rings is 1. The zero-order chi connectivity index (χ0) is 17.6. The van der Waals surface area contributed by atoms with Gasteiger partial charge in [-0.15, -0.1) is 0 Å². The fourth-order valence-corrected chi connectivity index (χ4v) is 4.06. The Morgan fingerprint density at radius 2 is 1.46 bits per heavy atom. The Morgan fingerprint density at radius 3 is 2.04 bits per heavy atom. The molecule has 2 aromatic carbocycles. The van der Waals surface area contributed by atoms with Crippen LogP contribution in [0.4, 0.5) is 5.69 Å². The lowest BCUT2D eigenvalue weighted by molar-refractivity contribution is 0.600. The summed E-state index contributed by atoms with van der Waals surface area (Å²) in [5.74, 6) is 0. The zero-order valence-electron chi connectivity index (χ0n) is 14.0. The second kappa shape index (κ2) is 5.52. The molecule has 0 aliphatic rings. The lowest BCUT2D eigenvalue weighted by Crippen LogP contribution is -2.19. The number of nitrogens with one attached hydrogen (secondary N) is 1. The van der Waals surface area contributed by atoms with Crippen LogP contribution in [-0.4, -0.2) is 17.6 Å². The van der Waals surface area contributed by atoms with Crippen molar-refractivity contribution in [1.82, 2.24) is 9.13 Å². The number of benzene rings is 2. The number of sulfonamides is 1. The smallest absolute Gasteiger partial charge is 0.295 e. The summed E-state index contributed by atoms with van der Waals surface area (Å²) in [5.41, 5.74) is 3.23. The number of hydrogen-bond acceptors (Lipinski definition) is 3. The van der Waals surface area contributed by atoms with E-state index in [0.29, 0.717) is 22.3 Å². The van der Waals surface area contributed by atoms with E-state index < -0.39 is 10.0 Å². The number of anilines is 1. The molecule has 0 atom stereocenters. The minimum absolute atomic E-state index is 0.164. The fraction of sp³-hybridized carbons (Fsp3) is 0.235. The van der Waals surface area contributed by atoms with Gasteiger partial charge >= 0.3 is 5.69 Å². The van der Waals surface area contributed by atoms with Gasteiger partial charge in [0, 0.05) is 19.8 Å². The van der Waals surface area contributed by atoms with Gasteiger partial charge in [-0.1, -0.05) is 17.7 Å². The Hall–Kier alpha value is -2.54. The maximum atomic E-state index is 12.7. The molecule has 0 amide bonds. The Balaban J connectivity index is 2.13. The van der Waals surface area contributed by atoms with Crippen molar-refractivity contribution in [3.8, 4) is 0 Å². The molecule has 0 aliphatic carbocycles. The van der Waals surface area contributed by atoms with Crippen LogP contribution in [0.1, 0.15) is 11.1 Å². The third kappa shape index (κ3) is 2.60. The van der Waals surface area contributed by atoms with Gasteiger partial charge in [-0.2, -0.15) is 0 Å². The highest BCUT2D eigenvalue weighted by molar-refractivity contribution is 7.92. The van der Waals surface area contributed by atoms with Crippen molar-refractivity contribution < 1.29 is 8.42 Å². The number of rotatable bonds is 3. The minimum Gasteiger partial charge on any atom is -0.295 e. The van der Waals surface area contributed by atoms with Crippen molar-refractivity contribution in [1.29, 1.82) is 0 Å². The summed E-state index contributed by atoms with van der Waals surface area (Å²) in [7, 11) is -0.445. The van der Waals surface area contributed by atoms with Crippen LogP contribution in [0, 0.1) is 13.8 Å². The highest BCUT2D eigenvalue weighted by Gasteiger charge is 2.20. The number of aromatic nitrogens is 2. The molecule has 1 N–H and O–H groups in total. The van der Waals surface area contributed by atoms with Gasteiger partial charge in [-0.3, -0.25) is 13.9 Å². The van der Waals surface area contributed by atoms with Gasteiger partial charge in [0.15, 0.2) is 0 Å².